The fraction of sp³-hybridized carbons (Fsp3) is 0.455. The first kappa shape index (κ1) is 26.2. The number of carbonyl (C=O) groups is 2. The Morgan fingerprint density at radius 1 is 1.14 bits per heavy atom. The molecule has 0 aliphatic carbocycles. The van der Waals surface area contributed by atoms with Gasteiger partial charge in [0.15, 0.2) is 6.29 Å². The first-order valence-corrected chi connectivity index (χ1v) is 10.8. The number of amides is 2. The zero-order valence-electron chi connectivity index (χ0n) is 18.8. The van der Waals surface area contributed by atoms with Crippen LogP contribution in [0.2, 0.25) is 0 Å². The third kappa shape index (κ3) is 6.41. The number of carbonyl (C=O) groups excluding carboxylic acids is 2. The summed E-state index contributed by atoms with van der Waals surface area (Å²) in [5.41, 5.74) is -0.467. The predicted octanol–water partition coefficient (Wildman–Crippen LogP) is -3.51. The average Bonchev–Trinajstić information content (AvgIpc) is 2.82. The highest BCUT2D eigenvalue weighted by Crippen LogP contribution is 2.20. The van der Waals surface area contributed by atoms with Crippen molar-refractivity contribution in [2.75, 3.05) is 6.61 Å². The Labute approximate surface area is 199 Å². The molecule has 0 bridgehead atoms. The van der Waals surface area contributed by atoms with Gasteiger partial charge in [0.25, 0.3) is 5.56 Å². The Morgan fingerprint density at radius 3 is 2.49 bits per heavy atom. The number of hydrogen-bond donors (Lipinski definition) is 7. The van der Waals surface area contributed by atoms with Crippen LogP contribution in [0.15, 0.2) is 46.1 Å². The number of aromatic amines is 1. The minimum atomic E-state index is -1.73. The maximum Gasteiger partial charge on any atom is 0.328 e. The molecule has 7 N–H and O–H groups in total. The minimum Gasteiger partial charge on any atom is -0.394 e. The second-order valence-electron chi connectivity index (χ2n) is 8.27. The zero-order chi connectivity index (χ0) is 25.7. The molecule has 0 saturated carbocycles. The third-order valence-electron chi connectivity index (χ3n) is 5.65. The Hall–Kier alpha value is -3.36. The van der Waals surface area contributed by atoms with Gasteiger partial charge in [0.05, 0.1) is 6.61 Å². The van der Waals surface area contributed by atoms with Crippen LogP contribution in [-0.2, 0) is 27.3 Å². The topological polar surface area (TPSA) is 203 Å². The second-order valence-corrected chi connectivity index (χ2v) is 8.27. The van der Waals surface area contributed by atoms with E-state index >= 15 is 0 Å². The molecule has 13 nitrogen and oxygen atoms in total. The first-order chi connectivity index (χ1) is 16.6. The van der Waals surface area contributed by atoms with Gasteiger partial charge in [-0.2, -0.15) is 0 Å². The van der Waals surface area contributed by atoms with E-state index in [0.717, 1.165) is 4.57 Å². The highest BCUT2D eigenvalue weighted by atomic mass is 16.6. The van der Waals surface area contributed by atoms with Crippen LogP contribution in [0.25, 0.3) is 0 Å². The molecule has 1 aromatic carbocycles. The van der Waals surface area contributed by atoms with Crippen molar-refractivity contribution in [1.29, 1.82) is 0 Å². The SMILES string of the molecule is Cc1cn(CC(=O)NC(Cc2ccccc2)C(=O)NC2C(O)OC(CO)C(O)C2O)c(=O)[nH]c1=O. The van der Waals surface area contributed by atoms with E-state index in [4.69, 9.17) is 4.74 Å². The van der Waals surface area contributed by atoms with Gasteiger partial charge >= 0.3 is 5.69 Å². The molecule has 6 atom stereocenters. The number of ether oxygens (including phenoxy) is 1. The summed E-state index contributed by atoms with van der Waals surface area (Å²) in [7, 11) is 0. The van der Waals surface area contributed by atoms with Crippen molar-refractivity contribution in [2.45, 2.75) is 56.6 Å². The number of benzene rings is 1. The molecule has 1 saturated heterocycles. The molecular weight excluding hydrogens is 464 g/mol. The molecule has 3 rings (SSSR count). The Morgan fingerprint density at radius 2 is 1.83 bits per heavy atom. The monoisotopic (exact) mass is 492 g/mol. The number of aryl methyl sites for hydroxylation is 1. The summed E-state index contributed by atoms with van der Waals surface area (Å²) in [5, 5.41) is 44.6. The van der Waals surface area contributed by atoms with Crippen LogP contribution in [-0.4, -0.2) is 85.1 Å². The smallest absolute Gasteiger partial charge is 0.328 e. The van der Waals surface area contributed by atoms with E-state index in [1.165, 1.54) is 13.1 Å². The van der Waals surface area contributed by atoms with Gasteiger partial charge in [0, 0.05) is 18.2 Å². The molecular formula is C22H28N4O9. The lowest BCUT2D eigenvalue weighted by Gasteiger charge is -2.40. The van der Waals surface area contributed by atoms with Crippen molar-refractivity contribution < 1.29 is 34.8 Å². The van der Waals surface area contributed by atoms with Crippen molar-refractivity contribution in [3.8, 4) is 0 Å². The van der Waals surface area contributed by atoms with Crippen molar-refractivity contribution in [3.05, 3.63) is 68.5 Å². The largest absolute Gasteiger partial charge is 0.394 e. The number of aliphatic hydroxyl groups is 4. The van der Waals surface area contributed by atoms with Crippen molar-refractivity contribution in [3.63, 3.8) is 0 Å². The van der Waals surface area contributed by atoms with E-state index in [-0.39, 0.29) is 12.0 Å². The second kappa shape index (κ2) is 11.4. The number of nitrogens with zero attached hydrogens (tertiary/aromatic N) is 1. The molecule has 0 radical (unpaired) electrons. The van der Waals surface area contributed by atoms with E-state index in [0.29, 0.717) is 5.56 Å². The molecule has 1 aliphatic rings. The van der Waals surface area contributed by atoms with Crippen molar-refractivity contribution in [2.24, 2.45) is 0 Å². The maximum atomic E-state index is 13.1. The summed E-state index contributed by atoms with van der Waals surface area (Å²) in [5.74, 6) is -1.51. The lowest BCUT2D eigenvalue weighted by Crippen LogP contribution is -2.66. The van der Waals surface area contributed by atoms with Gasteiger partial charge in [-0.1, -0.05) is 30.3 Å². The predicted molar refractivity (Wildman–Crippen MR) is 120 cm³/mol. The number of aromatic nitrogens is 2. The van der Waals surface area contributed by atoms with Gasteiger partial charge in [-0.25, -0.2) is 4.79 Å². The number of H-pyrrole nitrogens is 1. The summed E-state index contributed by atoms with van der Waals surface area (Å²) in [6.07, 6.45) is -4.96. The van der Waals surface area contributed by atoms with Crippen molar-refractivity contribution in [1.82, 2.24) is 20.2 Å². The minimum absolute atomic E-state index is 0.0273. The highest BCUT2D eigenvalue weighted by molar-refractivity contribution is 5.88. The Bertz CT molecular complexity index is 1150. The van der Waals surface area contributed by atoms with E-state index in [1.807, 2.05) is 0 Å². The van der Waals surface area contributed by atoms with Crippen LogP contribution in [0.5, 0.6) is 0 Å². The zero-order valence-corrected chi connectivity index (χ0v) is 18.8. The van der Waals surface area contributed by atoms with E-state index < -0.39 is 72.9 Å². The number of hydrogen-bond acceptors (Lipinski definition) is 9. The molecule has 6 unspecified atom stereocenters. The van der Waals surface area contributed by atoms with Gasteiger partial charge in [-0.05, 0) is 12.5 Å². The lowest BCUT2D eigenvalue weighted by atomic mass is 9.96. The quantitative estimate of drug-likeness (QED) is 0.195. The molecule has 2 aromatic rings. The number of nitrogens with one attached hydrogen (secondary N) is 3. The van der Waals surface area contributed by atoms with Crippen LogP contribution in [0.4, 0.5) is 0 Å². The summed E-state index contributed by atoms with van der Waals surface area (Å²) in [6.45, 7) is 0.326. The standard InChI is InChI=1S/C22H28N4O9/c1-11-8-26(22(34)25-19(11)31)9-15(28)23-13(7-12-5-3-2-4-6-12)20(32)24-16-18(30)17(29)14(10-27)35-21(16)33/h2-6,8,13-14,16-18,21,27,29-30,33H,7,9-10H2,1H3,(H,23,28)(H,24,32)(H,25,31,34). The van der Waals surface area contributed by atoms with E-state index in [9.17, 15) is 39.6 Å². The molecule has 190 valence electrons. The third-order valence-corrected chi connectivity index (χ3v) is 5.65. The Balaban J connectivity index is 1.77. The van der Waals surface area contributed by atoms with Crippen LogP contribution >= 0.6 is 0 Å². The molecule has 35 heavy (non-hydrogen) atoms. The molecule has 1 aromatic heterocycles. The van der Waals surface area contributed by atoms with Crippen LogP contribution in [0, 0.1) is 6.92 Å². The summed E-state index contributed by atoms with van der Waals surface area (Å²) in [6, 6.07) is 6.06. The molecule has 0 spiro atoms. The van der Waals surface area contributed by atoms with Gasteiger partial charge in [-0.15, -0.1) is 0 Å². The summed E-state index contributed by atoms with van der Waals surface area (Å²) < 4.78 is 6.03. The lowest BCUT2D eigenvalue weighted by molar-refractivity contribution is -0.254. The summed E-state index contributed by atoms with van der Waals surface area (Å²) in [4.78, 5) is 51.4. The van der Waals surface area contributed by atoms with Crippen LogP contribution < -0.4 is 21.9 Å². The molecule has 2 heterocycles. The van der Waals surface area contributed by atoms with Gasteiger partial charge in [0.2, 0.25) is 11.8 Å². The fourth-order valence-corrected chi connectivity index (χ4v) is 3.71. The fourth-order valence-electron chi connectivity index (χ4n) is 3.71. The van der Waals surface area contributed by atoms with Gasteiger partial charge in [-0.3, -0.25) is 23.9 Å². The first-order valence-electron chi connectivity index (χ1n) is 10.8. The summed E-state index contributed by atoms with van der Waals surface area (Å²) >= 11 is 0. The maximum absolute atomic E-state index is 13.1. The van der Waals surface area contributed by atoms with Crippen LogP contribution in [0.3, 0.4) is 0 Å². The highest BCUT2D eigenvalue weighted by Gasteiger charge is 2.44. The molecule has 13 heteroatoms. The average molecular weight is 492 g/mol. The van der Waals surface area contributed by atoms with E-state index in [1.54, 1.807) is 30.3 Å². The van der Waals surface area contributed by atoms with Crippen LogP contribution in [0.1, 0.15) is 11.1 Å². The number of rotatable bonds is 8. The van der Waals surface area contributed by atoms with Gasteiger partial charge in [0.1, 0.15) is 36.9 Å². The van der Waals surface area contributed by atoms with E-state index in [2.05, 4.69) is 15.6 Å². The molecule has 1 fully saturated rings. The Kier molecular flexibility index (Phi) is 8.53. The van der Waals surface area contributed by atoms with Gasteiger partial charge < -0.3 is 35.8 Å². The number of aliphatic hydroxyl groups excluding tert-OH is 4. The molecule has 2 amide bonds. The molecule has 1 aliphatic heterocycles. The van der Waals surface area contributed by atoms with Crippen molar-refractivity contribution >= 4 is 11.8 Å². The normalized spacial score (nSPS) is 25.0.